The van der Waals surface area contributed by atoms with Crippen LogP contribution in [-0.2, 0) is 21.1 Å². The van der Waals surface area contributed by atoms with Crippen molar-refractivity contribution in [3.63, 3.8) is 0 Å². The normalized spacial score (nSPS) is 21.0. The highest BCUT2D eigenvalue weighted by atomic mass is 32.2. The van der Waals surface area contributed by atoms with E-state index in [0.29, 0.717) is 22.4 Å². The summed E-state index contributed by atoms with van der Waals surface area (Å²) in [6, 6.07) is 21.8. The standard InChI is InChI=1S/C27H26N2O6S2/c1-33-23-13-8-18(14-24(23)34-2)15-26(30)28-27-29(22-16-37(31,32)17-25(22)36-27)19-9-11-21(12-10-19)35-20-6-4-3-5-7-20/h3-14,22,25H,15-17H2,1-2H3/t22-,25-/m0/s1. The van der Waals surface area contributed by atoms with E-state index in [2.05, 4.69) is 4.99 Å². The number of carbonyl (C=O) groups is 1. The second-order valence-electron chi connectivity index (χ2n) is 8.73. The smallest absolute Gasteiger partial charge is 0.252 e. The molecule has 0 spiro atoms. The third kappa shape index (κ3) is 5.60. The Morgan fingerprint density at radius 1 is 0.946 bits per heavy atom. The summed E-state index contributed by atoms with van der Waals surface area (Å²) in [5, 5.41) is 0.324. The van der Waals surface area contributed by atoms with Gasteiger partial charge in [-0.25, -0.2) is 8.42 Å². The number of nitrogens with zero attached hydrogens (tertiary/aromatic N) is 2. The number of thioether (sulfide) groups is 1. The first-order chi connectivity index (χ1) is 17.8. The second-order valence-corrected chi connectivity index (χ2v) is 12.1. The minimum atomic E-state index is -3.16. The lowest BCUT2D eigenvalue weighted by atomic mass is 10.1. The highest BCUT2D eigenvalue weighted by Crippen LogP contribution is 2.41. The molecule has 5 rings (SSSR count). The van der Waals surface area contributed by atoms with Crippen LogP contribution in [0.5, 0.6) is 23.0 Å². The molecular weight excluding hydrogens is 512 g/mol. The van der Waals surface area contributed by atoms with Crippen LogP contribution >= 0.6 is 11.8 Å². The van der Waals surface area contributed by atoms with Crippen LogP contribution in [0.15, 0.2) is 77.8 Å². The van der Waals surface area contributed by atoms with Crippen LogP contribution in [0, 0.1) is 0 Å². The number of amidine groups is 1. The summed E-state index contributed by atoms with van der Waals surface area (Å²) in [5.74, 6) is 2.25. The van der Waals surface area contributed by atoms with Crippen molar-refractivity contribution in [2.24, 2.45) is 4.99 Å². The first-order valence-corrected chi connectivity index (χ1v) is 14.4. The van der Waals surface area contributed by atoms with E-state index in [1.54, 1.807) is 32.4 Å². The van der Waals surface area contributed by atoms with Gasteiger partial charge in [-0.15, -0.1) is 0 Å². The summed E-state index contributed by atoms with van der Waals surface area (Å²) in [5.41, 5.74) is 1.50. The zero-order valence-corrected chi connectivity index (χ0v) is 22.0. The summed E-state index contributed by atoms with van der Waals surface area (Å²) in [6.45, 7) is 0. The number of benzene rings is 3. The molecule has 0 unspecified atom stereocenters. The summed E-state index contributed by atoms with van der Waals surface area (Å²) in [6.07, 6.45) is 0.0791. The molecule has 0 aliphatic carbocycles. The van der Waals surface area contributed by atoms with Gasteiger partial charge >= 0.3 is 0 Å². The van der Waals surface area contributed by atoms with Crippen LogP contribution in [0.4, 0.5) is 5.69 Å². The number of sulfone groups is 1. The Bertz CT molecular complexity index is 1430. The Hall–Kier alpha value is -3.50. The Kier molecular flexibility index (Phi) is 7.12. The molecule has 2 saturated heterocycles. The molecule has 2 aliphatic rings. The molecule has 2 aliphatic heterocycles. The predicted octanol–water partition coefficient (Wildman–Crippen LogP) is 4.34. The van der Waals surface area contributed by atoms with Crippen molar-refractivity contribution in [3.05, 3.63) is 78.4 Å². The molecule has 2 heterocycles. The van der Waals surface area contributed by atoms with E-state index in [-0.39, 0.29) is 35.1 Å². The fraction of sp³-hybridized carbons (Fsp3) is 0.259. The maximum absolute atomic E-state index is 13.0. The Balaban J connectivity index is 1.39. The minimum absolute atomic E-state index is 0.0236. The van der Waals surface area contributed by atoms with Gasteiger partial charge in [-0.2, -0.15) is 4.99 Å². The van der Waals surface area contributed by atoms with Crippen molar-refractivity contribution in [1.82, 2.24) is 0 Å². The number of ether oxygens (including phenoxy) is 3. The Morgan fingerprint density at radius 2 is 1.65 bits per heavy atom. The van der Waals surface area contributed by atoms with Crippen LogP contribution in [0.2, 0.25) is 0 Å². The quantitative estimate of drug-likeness (QED) is 0.439. The Morgan fingerprint density at radius 3 is 2.35 bits per heavy atom. The number of methoxy groups -OCH3 is 2. The summed E-state index contributed by atoms with van der Waals surface area (Å²) < 4.78 is 41.2. The van der Waals surface area contributed by atoms with Gasteiger partial charge in [-0.3, -0.25) is 4.79 Å². The molecule has 8 nitrogen and oxygen atoms in total. The molecule has 192 valence electrons. The average molecular weight is 539 g/mol. The number of hydrogen-bond acceptors (Lipinski definition) is 7. The maximum atomic E-state index is 13.0. The first kappa shape index (κ1) is 25.2. The second kappa shape index (κ2) is 10.5. The largest absolute Gasteiger partial charge is 0.493 e. The van der Waals surface area contributed by atoms with E-state index in [1.807, 2.05) is 59.5 Å². The molecule has 2 fully saturated rings. The number of amides is 1. The third-order valence-corrected chi connectivity index (χ3v) is 9.39. The monoisotopic (exact) mass is 538 g/mol. The van der Waals surface area contributed by atoms with Crippen molar-refractivity contribution >= 4 is 38.4 Å². The van der Waals surface area contributed by atoms with E-state index < -0.39 is 9.84 Å². The van der Waals surface area contributed by atoms with Gasteiger partial charge < -0.3 is 19.1 Å². The van der Waals surface area contributed by atoms with Crippen molar-refractivity contribution in [3.8, 4) is 23.0 Å². The molecule has 0 N–H and O–H groups in total. The fourth-order valence-electron chi connectivity index (χ4n) is 4.48. The number of para-hydroxylation sites is 1. The number of anilines is 1. The minimum Gasteiger partial charge on any atom is -0.493 e. The highest BCUT2D eigenvalue weighted by Gasteiger charge is 2.49. The summed E-state index contributed by atoms with van der Waals surface area (Å²) >= 11 is 1.35. The third-order valence-electron chi connectivity index (χ3n) is 6.18. The van der Waals surface area contributed by atoms with E-state index in [0.717, 1.165) is 17.0 Å². The summed E-state index contributed by atoms with van der Waals surface area (Å²) in [7, 11) is -0.0680. The van der Waals surface area contributed by atoms with E-state index in [1.165, 1.54) is 11.8 Å². The van der Waals surface area contributed by atoms with E-state index in [4.69, 9.17) is 14.2 Å². The lowest BCUT2D eigenvalue weighted by Crippen LogP contribution is -2.37. The molecular formula is C27H26N2O6S2. The van der Waals surface area contributed by atoms with Gasteiger partial charge in [0.1, 0.15) is 11.5 Å². The van der Waals surface area contributed by atoms with Crippen LogP contribution in [-0.4, -0.2) is 56.5 Å². The van der Waals surface area contributed by atoms with Gasteiger partial charge in [0.15, 0.2) is 26.5 Å². The number of hydrogen-bond donors (Lipinski definition) is 0. The molecule has 1 amide bonds. The average Bonchev–Trinajstić information content (AvgIpc) is 3.35. The number of fused-ring (bicyclic) bond motifs is 1. The molecule has 0 bridgehead atoms. The predicted molar refractivity (Wildman–Crippen MR) is 145 cm³/mol. The van der Waals surface area contributed by atoms with Crippen molar-refractivity contribution in [2.75, 3.05) is 30.6 Å². The van der Waals surface area contributed by atoms with Gasteiger partial charge in [-0.05, 0) is 54.1 Å². The van der Waals surface area contributed by atoms with Gasteiger partial charge in [0.05, 0.1) is 38.2 Å². The van der Waals surface area contributed by atoms with Crippen LogP contribution in [0.1, 0.15) is 5.56 Å². The highest BCUT2D eigenvalue weighted by molar-refractivity contribution is 8.16. The molecule has 0 radical (unpaired) electrons. The molecule has 2 atom stereocenters. The topological polar surface area (TPSA) is 94.5 Å². The SMILES string of the molecule is COc1ccc(CC(=O)N=C2S[C@H]3CS(=O)(=O)C[C@@H]3N2c2ccc(Oc3ccccc3)cc2)cc1OC. The lowest BCUT2D eigenvalue weighted by Gasteiger charge is -2.24. The molecule has 10 heteroatoms. The van der Waals surface area contributed by atoms with E-state index in [9.17, 15) is 13.2 Å². The number of aliphatic imine (C=N–C) groups is 1. The van der Waals surface area contributed by atoms with Crippen LogP contribution < -0.4 is 19.1 Å². The molecule has 3 aromatic rings. The van der Waals surface area contributed by atoms with Crippen molar-refractivity contribution < 1.29 is 27.4 Å². The molecule has 0 saturated carbocycles. The molecule has 3 aromatic carbocycles. The Labute approximate surface area is 220 Å². The number of carbonyl (C=O) groups excluding carboxylic acids is 1. The zero-order chi connectivity index (χ0) is 26.0. The summed E-state index contributed by atoms with van der Waals surface area (Å²) in [4.78, 5) is 19.3. The van der Waals surface area contributed by atoms with Crippen molar-refractivity contribution in [2.45, 2.75) is 17.7 Å². The zero-order valence-electron chi connectivity index (χ0n) is 20.4. The van der Waals surface area contributed by atoms with Gasteiger partial charge in [0, 0.05) is 10.9 Å². The van der Waals surface area contributed by atoms with Gasteiger partial charge in [0.25, 0.3) is 5.91 Å². The van der Waals surface area contributed by atoms with Crippen molar-refractivity contribution in [1.29, 1.82) is 0 Å². The van der Waals surface area contributed by atoms with Crippen LogP contribution in [0.3, 0.4) is 0 Å². The van der Waals surface area contributed by atoms with E-state index >= 15 is 0 Å². The van der Waals surface area contributed by atoms with Gasteiger partial charge in [-0.1, -0.05) is 36.0 Å². The number of rotatable bonds is 7. The van der Waals surface area contributed by atoms with Crippen LogP contribution in [0.25, 0.3) is 0 Å². The lowest BCUT2D eigenvalue weighted by molar-refractivity contribution is -0.117. The molecule has 0 aromatic heterocycles. The fourth-order valence-corrected chi connectivity index (χ4v) is 8.41. The first-order valence-electron chi connectivity index (χ1n) is 11.7. The van der Waals surface area contributed by atoms with Gasteiger partial charge in [0.2, 0.25) is 0 Å². The maximum Gasteiger partial charge on any atom is 0.252 e. The molecule has 37 heavy (non-hydrogen) atoms.